The molecule has 0 saturated carbocycles. The standard InChI is InChI=1S/C24H26N2O2/c27-24(26-13-5-6-14-26)18-28-23-10-4-3-9-22(23)17-25-16-19-11-12-20-7-1-2-8-21(20)15-19/h1-4,7-12,15,25H,5-6,13-14,16-18H2. The van der Waals surface area contributed by atoms with E-state index in [0.29, 0.717) is 6.54 Å². The van der Waals surface area contributed by atoms with Gasteiger partial charge in [-0.25, -0.2) is 0 Å². The second kappa shape index (κ2) is 8.89. The van der Waals surface area contributed by atoms with Crippen LogP contribution in [0.25, 0.3) is 10.8 Å². The number of para-hydroxylation sites is 1. The molecule has 0 aromatic heterocycles. The second-order valence-electron chi connectivity index (χ2n) is 7.27. The summed E-state index contributed by atoms with van der Waals surface area (Å²) in [6, 6.07) is 22.9. The maximum absolute atomic E-state index is 12.2. The molecule has 4 heteroatoms. The first-order valence-corrected chi connectivity index (χ1v) is 9.96. The normalized spacial score (nSPS) is 13.8. The van der Waals surface area contributed by atoms with Gasteiger partial charge in [0.25, 0.3) is 5.91 Å². The van der Waals surface area contributed by atoms with E-state index in [-0.39, 0.29) is 12.5 Å². The van der Waals surface area contributed by atoms with E-state index in [0.717, 1.165) is 43.8 Å². The van der Waals surface area contributed by atoms with Gasteiger partial charge in [0.2, 0.25) is 0 Å². The van der Waals surface area contributed by atoms with Crippen molar-refractivity contribution in [1.82, 2.24) is 10.2 Å². The number of likely N-dealkylation sites (tertiary alicyclic amines) is 1. The van der Waals surface area contributed by atoms with Gasteiger partial charge in [-0.05, 0) is 41.3 Å². The molecule has 144 valence electrons. The molecule has 1 amide bonds. The highest BCUT2D eigenvalue weighted by Gasteiger charge is 2.18. The molecular weight excluding hydrogens is 348 g/mol. The maximum atomic E-state index is 12.2. The predicted molar refractivity (Wildman–Crippen MR) is 112 cm³/mol. The minimum atomic E-state index is 0.0800. The quantitative estimate of drug-likeness (QED) is 0.676. The van der Waals surface area contributed by atoms with E-state index in [1.165, 1.54) is 16.3 Å². The van der Waals surface area contributed by atoms with Crippen molar-refractivity contribution in [3.05, 3.63) is 77.9 Å². The fourth-order valence-corrected chi connectivity index (χ4v) is 3.68. The summed E-state index contributed by atoms with van der Waals surface area (Å²) in [5.74, 6) is 0.859. The average Bonchev–Trinajstić information content (AvgIpc) is 3.28. The van der Waals surface area contributed by atoms with Crippen LogP contribution in [0.3, 0.4) is 0 Å². The predicted octanol–water partition coefficient (Wildman–Crippen LogP) is 4.13. The van der Waals surface area contributed by atoms with Crippen molar-refractivity contribution in [3.8, 4) is 5.75 Å². The topological polar surface area (TPSA) is 41.6 Å². The molecule has 0 radical (unpaired) electrons. The van der Waals surface area contributed by atoms with Crippen LogP contribution in [0.15, 0.2) is 66.7 Å². The van der Waals surface area contributed by atoms with Crippen LogP contribution in [0.1, 0.15) is 24.0 Å². The summed E-state index contributed by atoms with van der Waals surface area (Å²) in [5.41, 5.74) is 2.32. The molecule has 1 heterocycles. The van der Waals surface area contributed by atoms with Crippen molar-refractivity contribution in [2.24, 2.45) is 0 Å². The molecule has 0 bridgehead atoms. The highest BCUT2D eigenvalue weighted by atomic mass is 16.5. The fourth-order valence-electron chi connectivity index (χ4n) is 3.68. The molecule has 28 heavy (non-hydrogen) atoms. The molecule has 3 aromatic rings. The van der Waals surface area contributed by atoms with E-state index in [1.807, 2.05) is 29.2 Å². The third-order valence-electron chi connectivity index (χ3n) is 5.24. The van der Waals surface area contributed by atoms with E-state index in [4.69, 9.17) is 4.74 Å². The van der Waals surface area contributed by atoms with Crippen molar-refractivity contribution in [2.45, 2.75) is 25.9 Å². The van der Waals surface area contributed by atoms with Crippen LogP contribution in [-0.4, -0.2) is 30.5 Å². The van der Waals surface area contributed by atoms with Crippen molar-refractivity contribution in [2.75, 3.05) is 19.7 Å². The van der Waals surface area contributed by atoms with E-state index < -0.39 is 0 Å². The van der Waals surface area contributed by atoms with Gasteiger partial charge in [0, 0.05) is 31.7 Å². The third kappa shape index (κ3) is 4.52. The van der Waals surface area contributed by atoms with Crippen LogP contribution < -0.4 is 10.1 Å². The molecule has 0 spiro atoms. The largest absolute Gasteiger partial charge is 0.483 e. The molecule has 1 saturated heterocycles. The van der Waals surface area contributed by atoms with Crippen molar-refractivity contribution >= 4 is 16.7 Å². The Balaban J connectivity index is 1.33. The lowest BCUT2D eigenvalue weighted by atomic mass is 10.1. The Morgan fingerprint density at radius 3 is 2.50 bits per heavy atom. The number of amides is 1. The molecule has 0 atom stereocenters. The van der Waals surface area contributed by atoms with Crippen molar-refractivity contribution in [3.63, 3.8) is 0 Å². The van der Waals surface area contributed by atoms with Crippen LogP contribution in [0.2, 0.25) is 0 Å². The average molecular weight is 374 g/mol. The number of nitrogens with one attached hydrogen (secondary N) is 1. The van der Waals surface area contributed by atoms with Gasteiger partial charge in [0.15, 0.2) is 6.61 Å². The Morgan fingerprint density at radius 1 is 0.893 bits per heavy atom. The highest BCUT2D eigenvalue weighted by molar-refractivity contribution is 5.83. The van der Waals surface area contributed by atoms with Gasteiger partial charge in [0.05, 0.1) is 0 Å². The van der Waals surface area contributed by atoms with Gasteiger partial charge in [-0.3, -0.25) is 4.79 Å². The minimum Gasteiger partial charge on any atom is -0.483 e. The fraction of sp³-hybridized carbons (Fsp3) is 0.292. The van der Waals surface area contributed by atoms with E-state index in [9.17, 15) is 4.79 Å². The number of carbonyl (C=O) groups excluding carboxylic acids is 1. The number of ether oxygens (including phenoxy) is 1. The zero-order valence-corrected chi connectivity index (χ0v) is 16.1. The van der Waals surface area contributed by atoms with Gasteiger partial charge in [-0.2, -0.15) is 0 Å². The summed E-state index contributed by atoms with van der Waals surface area (Å²) in [6.45, 7) is 3.31. The molecule has 0 unspecified atom stereocenters. The molecule has 4 rings (SSSR count). The van der Waals surface area contributed by atoms with E-state index in [1.54, 1.807) is 0 Å². The van der Waals surface area contributed by atoms with Gasteiger partial charge in [-0.1, -0.05) is 54.6 Å². The molecule has 4 nitrogen and oxygen atoms in total. The van der Waals surface area contributed by atoms with Crippen LogP contribution >= 0.6 is 0 Å². The van der Waals surface area contributed by atoms with Gasteiger partial charge < -0.3 is 15.0 Å². The molecule has 1 aliphatic rings. The number of benzene rings is 3. The first-order chi connectivity index (χ1) is 13.8. The number of nitrogens with zero attached hydrogens (tertiary/aromatic N) is 1. The lowest BCUT2D eigenvalue weighted by Crippen LogP contribution is -2.32. The molecule has 0 aliphatic carbocycles. The van der Waals surface area contributed by atoms with Crippen molar-refractivity contribution < 1.29 is 9.53 Å². The molecular formula is C24H26N2O2. The van der Waals surface area contributed by atoms with Gasteiger partial charge in [0.1, 0.15) is 5.75 Å². The molecule has 1 aliphatic heterocycles. The maximum Gasteiger partial charge on any atom is 0.260 e. The molecule has 1 fully saturated rings. The second-order valence-corrected chi connectivity index (χ2v) is 7.27. The number of hydrogen-bond acceptors (Lipinski definition) is 3. The summed E-state index contributed by atoms with van der Waals surface area (Å²) in [4.78, 5) is 14.1. The Kier molecular flexibility index (Phi) is 5.88. The van der Waals surface area contributed by atoms with E-state index in [2.05, 4.69) is 47.8 Å². The third-order valence-corrected chi connectivity index (χ3v) is 5.24. The summed E-state index contributed by atoms with van der Waals surface area (Å²) < 4.78 is 5.84. The van der Waals surface area contributed by atoms with Crippen LogP contribution in [0.4, 0.5) is 0 Å². The van der Waals surface area contributed by atoms with Gasteiger partial charge >= 0.3 is 0 Å². The zero-order valence-electron chi connectivity index (χ0n) is 16.1. The number of fused-ring (bicyclic) bond motifs is 1. The van der Waals surface area contributed by atoms with Gasteiger partial charge in [-0.15, -0.1) is 0 Å². The summed E-state index contributed by atoms with van der Waals surface area (Å²) >= 11 is 0. The lowest BCUT2D eigenvalue weighted by molar-refractivity contribution is -0.132. The Morgan fingerprint density at radius 2 is 1.64 bits per heavy atom. The first-order valence-electron chi connectivity index (χ1n) is 9.96. The first kappa shape index (κ1) is 18.5. The van der Waals surface area contributed by atoms with E-state index >= 15 is 0 Å². The summed E-state index contributed by atoms with van der Waals surface area (Å²) in [5, 5.41) is 6.00. The summed E-state index contributed by atoms with van der Waals surface area (Å²) in [6.07, 6.45) is 2.20. The highest BCUT2D eigenvalue weighted by Crippen LogP contribution is 2.19. The lowest BCUT2D eigenvalue weighted by Gasteiger charge is -2.17. The Bertz CT molecular complexity index is 948. The summed E-state index contributed by atoms with van der Waals surface area (Å²) in [7, 11) is 0. The van der Waals surface area contributed by atoms with Crippen molar-refractivity contribution in [1.29, 1.82) is 0 Å². The van der Waals surface area contributed by atoms with Crippen LogP contribution in [0, 0.1) is 0 Å². The minimum absolute atomic E-state index is 0.0800. The molecule has 3 aromatic carbocycles. The Labute approximate surface area is 166 Å². The van der Waals surface area contributed by atoms with Crippen LogP contribution in [-0.2, 0) is 17.9 Å². The smallest absolute Gasteiger partial charge is 0.260 e. The Hall–Kier alpha value is -2.85. The SMILES string of the molecule is O=C(COc1ccccc1CNCc1ccc2ccccc2c1)N1CCCC1. The number of rotatable bonds is 7. The van der Waals surface area contributed by atoms with Crippen LogP contribution in [0.5, 0.6) is 5.75 Å². The molecule has 1 N–H and O–H groups in total. The zero-order chi connectivity index (χ0) is 19.2. The monoisotopic (exact) mass is 374 g/mol. The number of carbonyl (C=O) groups is 1. The number of hydrogen-bond donors (Lipinski definition) is 1.